The molecule has 1 fully saturated rings. The zero-order valence-corrected chi connectivity index (χ0v) is 23.0. The lowest BCUT2D eigenvalue weighted by Crippen LogP contribution is -2.33. The predicted molar refractivity (Wildman–Crippen MR) is 153 cm³/mol. The van der Waals surface area contributed by atoms with Crippen LogP contribution in [0.4, 0.5) is 0 Å². The summed E-state index contributed by atoms with van der Waals surface area (Å²) in [4.78, 5) is 2.57. The average Bonchev–Trinajstić information content (AvgIpc) is 2.93. The Bertz CT molecular complexity index is 1560. The van der Waals surface area contributed by atoms with Gasteiger partial charge in [-0.25, -0.2) is 8.42 Å². The van der Waals surface area contributed by atoms with Gasteiger partial charge in [0.15, 0.2) is 9.84 Å². The summed E-state index contributed by atoms with van der Waals surface area (Å²) >= 11 is 0. The van der Waals surface area contributed by atoms with Crippen molar-refractivity contribution in [1.82, 2.24) is 4.90 Å². The first-order valence-electron chi connectivity index (χ1n) is 13.1. The van der Waals surface area contributed by atoms with Crippen LogP contribution >= 0.6 is 0 Å². The van der Waals surface area contributed by atoms with Crippen LogP contribution in [0.1, 0.15) is 19.3 Å². The number of phenols is 1. The second-order valence-corrected chi connectivity index (χ2v) is 11.8. The summed E-state index contributed by atoms with van der Waals surface area (Å²) in [5, 5.41) is 11.6. The normalized spacial score (nSPS) is 14.3. The molecule has 0 unspecified atom stereocenters. The number of benzene rings is 4. The molecule has 4 aromatic carbocycles. The molecular formula is C31H33NO6S. The van der Waals surface area contributed by atoms with Crippen molar-refractivity contribution in [3.05, 3.63) is 72.8 Å². The fourth-order valence-corrected chi connectivity index (χ4v) is 5.79. The van der Waals surface area contributed by atoms with Crippen molar-refractivity contribution in [1.29, 1.82) is 0 Å². The Morgan fingerprint density at radius 1 is 0.872 bits per heavy atom. The van der Waals surface area contributed by atoms with Crippen molar-refractivity contribution >= 4 is 20.6 Å². The number of hydrogen-bond donors (Lipinski definition) is 1. The summed E-state index contributed by atoms with van der Waals surface area (Å²) in [5.41, 5.74) is 1.50. The molecule has 5 rings (SSSR count). The van der Waals surface area contributed by atoms with E-state index in [0.717, 1.165) is 53.5 Å². The van der Waals surface area contributed by atoms with E-state index >= 15 is 0 Å². The van der Waals surface area contributed by atoms with Gasteiger partial charge in [0.05, 0.1) is 7.11 Å². The van der Waals surface area contributed by atoms with Gasteiger partial charge in [-0.05, 0) is 97.5 Å². The zero-order valence-electron chi connectivity index (χ0n) is 22.2. The van der Waals surface area contributed by atoms with Crippen molar-refractivity contribution in [3.8, 4) is 39.9 Å². The lowest BCUT2D eigenvalue weighted by molar-refractivity contribution is 0.183. The van der Waals surface area contributed by atoms with E-state index in [0.29, 0.717) is 18.1 Å². The first-order valence-corrected chi connectivity index (χ1v) is 15.0. The number of likely N-dealkylation sites (tertiary alicyclic amines) is 1. The molecule has 0 radical (unpaired) electrons. The standard InChI is InChI=1S/C31H33NO6S/c1-36-29-21-23(7-15-30(29)39(2,34)35)27-13-6-22-20-24(33)8-14-28(22)31(27)38-26-11-9-25(10-12-26)37-19-18-32-16-4-3-5-17-32/h6-15,20-21,33H,3-5,16-19H2,1-2H3. The summed E-state index contributed by atoms with van der Waals surface area (Å²) in [6.07, 6.45) is 4.99. The Labute approximate surface area is 229 Å². The van der Waals surface area contributed by atoms with E-state index in [4.69, 9.17) is 14.2 Å². The maximum absolute atomic E-state index is 12.2. The highest BCUT2D eigenvalue weighted by Crippen LogP contribution is 2.42. The van der Waals surface area contributed by atoms with Gasteiger partial charge in [-0.2, -0.15) is 0 Å². The Morgan fingerprint density at radius 3 is 2.33 bits per heavy atom. The van der Waals surface area contributed by atoms with Crippen molar-refractivity contribution in [2.75, 3.05) is 39.6 Å². The first-order chi connectivity index (χ1) is 18.8. The van der Waals surface area contributed by atoms with Crippen molar-refractivity contribution in [2.24, 2.45) is 0 Å². The molecule has 0 bridgehead atoms. The summed E-state index contributed by atoms with van der Waals surface area (Å²) in [5.74, 6) is 2.41. The molecule has 0 atom stereocenters. The third-order valence-corrected chi connectivity index (χ3v) is 8.13. The van der Waals surface area contributed by atoms with Gasteiger partial charge >= 0.3 is 0 Å². The van der Waals surface area contributed by atoms with E-state index < -0.39 is 9.84 Å². The molecule has 0 amide bonds. The highest BCUT2D eigenvalue weighted by molar-refractivity contribution is 7.90. The van der Waals surface area contributed by atoms with Crippen LogP contribution in [-0.2, 0) is 9.84 Å². The number of methoxy groups -OCH3 is 1. The molecule has 1 N–H and O–H groups in total. The van der Waals surface area contributed by atoms with Crippen LogP contribution < -0.4 is 14.2 Å². The summed E-state index contributed by atoms with van der Waals surface area (Å²) in [6, 6.07) is 21.4. The number of sulfone groups is 1. The molecular weight excluding hydrogens is 514 g/mol. The van der Waals surface area contributed by atoms with E-state index in [1.54, 1.807) is 30.3 Å². The molecule has 1 aliphatic rings. The number of hydrogen-bond acceptors (Lipinski definition) is 7. The molecule has 4 aromatic rings. The smallest absolute Gasteiger partial charge is 0.179 e. The molecule has 1 saturated heterocycles. The Morgan fingerprint density at radius 2 is 1.62 bits per heavy atom. The lowest BCUT2D eigenvalue weighted by atomic mass is 9.99. The highest BCUT2D eigenvalue weighted by Gasteiger charge is 2.18. The fraction of sp³-hybridized carbons (Fsp3) is 0.290. The minimum atomic E-state index is -3.46. The van der Waals surface area contributed by atoms with E-state index in [2.05, 4.69) is 4.90 Å². The van der Waals surface area contributed by atoms with Crippen LogP contribution in [-0.4, -0.2) is 58.0 Å². The second-order valence-electron chi connectivity index (χ2n) is 9.81. The largest absolute Gasteiger partial charge is 0.508 e. The Balaban J connectivity index is 1.43. The molecule has 0 spiro atoms. The van der Waals surface area contributed by atoms with Gasteiger partial charge in [0, 0.05) is 23.8 Å². The molecule has 8 heteroatoms. The number of aromatic hydroxyl groups is 1. The number of piperidine rings is 1. The Hall–Kier alpha value is -3.75. The van der Waals surface area contributed by atoms with Crippen LogP contribution in [0, 0.1) is 0 Å². The highest BCUT2D eigenvalue weighted by atomic mass is 32.2. The monoisotopic (exact) mass is 547 g/mol. The maximum atomic E-state index is 12.2. The van der Waals surface area contributed by atoms with Crippen molar-refractivity contribution in [3.63, 3.8) is 0 Å². The lowest BCUT2D eigenvalue weighted by Gasteiger charge is -2.26. The van der Waals surface area contributed by atoms with E-state index in [1.165, 1.54) is 26.4 Å². The van der Waals surface area contributed by atoms with Gasteiger partial charge in [-0.15, -0.1) is 0 Å². The summed E-state index contributed by atoms with van der Waals surface area (Å²) in [7, 11) is -2.01. The third-order valence-electron chi connectivity index (χ3n) is 7.00. The number of nitrogens with zero attached hydrogens (tertiary/aromatic N) is 1. The van der Waals surface area contributed by atoms with E-state index in [-0.39, 0.29) is 16.4 Å². The zero-order chi connectivity index (χ0) is 27.4. The molecule has 7 nitrogen and oxygen atoms in total. The number of fused-ring (bicyclic) bond motifs is 1. The van der Waals surface area contributed by atoms with Crippen LogP contribution in [0.25, 0.3) is 21.9 Å². The van der Waals surface area contributed by atoms with Gasteiger partial charge in [0.2, 0.25) is 0 Å². The number of rotatable bonds is 9. The third kappa shape index (κ3) is 6.29. The van der Waals surface area contributed by atoms with Gasteiger partial charge in [-0.3, -0.25) is 4.90 Å². The molecule has 0 saturated carbocycles. The van der Waals surface area contributed by atoms with Gasteiger partial charge < -0.3 is 19.3 Å². The quantitative estimate of drug-likeness (QED) is 0.264. The summed E-state index contributed by atoms with van der Waals surface area (Å²) < 4.78 is 42.2. The van der Waals surface area contributed by atoms with Crippen molar-refractivity contribution in [2.45, 2.75) is 24.2 Å². The molecule has 39 heavy (non-hydrogen) atoms. The van der Waals surface area contributed by atoms with Crippen LogP contribution in [0.15, 0.2) is 77.7 Å². The predicted octanol–water partition coefficient (Wildman–Crippen LogP) is 6.28. The van der Waals surface area contributed by atoms with Gasteiger partial charge in [0.25, 0.3) is 0 Å². The minimum Gasteiger partial charge on any atom is -0.508 e. The van der Waals surface area contributed by atoms with E-state index in [1.807, 2.05) is 42.5 Å². The maximum Gasteiger partial charge on any atom is 0.179 e. The van der Waals surface area contributed by atoms with Gasteiger partial charge in [0.1, 0.15) is 40.2 Å². The second kappa shape index (κ2) is 11.6. The molecule has 204 valence electrons. The molecule has 1 aliphatic heterocycles. The minimum absolute atomic E-state index is 0.123. The number of ether oxygens (including phenoxy) is 3. The SMILES string of the molecule is COc1cc(-c2ccc3cc(O)ccc3c2Oc2ccc(OCCN3CCCCC3)cc2)ccc1S(C)(=O)=O. The number of phenolic OH excluding ortho intramolecular Hbond substituents is 1. The molecule has 1 heterocycles. The van der Waals surface area contributed by atoms with Crippen LogP contribution in [0.5, 0.6) is 28.7 Å². The van der Waals surface area contributed by atoms with Gasteiger partial charge in [-0.1, -0.05) is 18.6 Å². The average molecular weight is 548 g/mol. The van der Waals surface area contributed by atoms with Crippen LogP contribution in [0.2, 0.25) is 0 Å². The van der Waals surface area contributed by atoms with Crippen LogP contribution in [0.3, 0.4) is 0 Å². The Kier molecular flexibility index (Phi) is 7.95. The van der Waals surface area contributed by atoms with Crippen molar-refractivity contribution < 1.29 is 27.7 Å². The fourth-order valence-electron chi connectivity index (χ4n) is 4.96. The van der Waals surface area contributed by atoms with E-state index in [9.17, 15) is 13.5 Å². The molecule has 0 aromatic heterocycles. The first kappa shape index (κ1) is 26.8. The topological polar surface area (TPSA) is 85.3 Å². The summed E-state index contributed by atoms with van der Waals surface area (Å²) in [6.45, 7) is 3.85. The molecule has 0 aliphatic carbocycles.